The summed E-state index contributed by atoms with van der Waals surface area (Å²) in [5.41, 5.74) is -0.188. The fourth-order valence-corrected chi connectivity index (χ4v) is 3.32. The number of alkyl halides is 1. The third-order valence-electron chi connectivity index (χ3n) is 3.87. The van der Waals surface area contributed by atoms with Gasteiger partial charge in [0.2, 0.25) is 0 Å². The van der Waals surface area contributed by atoms with Gasteiger partial charge in [-0.25, -0.2) is 13.2 Å². The van der Waals surface area contributed by atoms with Crippen LogP contribution in [0.5, 0.6) is 0 Å². The Labute approximate surface area is 117 Å². The average Bonchev–Trinajstić information content (AvgIpc) is 2.56. The minimum Gasteiger partial charge on any atom is -0.207 e. The Morgan fingerprint density at radius 1 is 1.00 bits per heavy atom. The molecule has 1 aromatic rings. The van der Waals surface area contributed by atoms with Gasteiger partial charge in [-0.15, -0.1) is 11.6 Å². The zero-order chi connectivity index (χ0) is 13.8. The van der Waals surface area contributed by atoms with Crippen LogP contribution in [0.3, 0.4) is 0 Å². The molecule has 0 nitrogen and oxygen atoms in total. The summed E-state index contributed by atoms with van der Waals surface area (Å²) in [6.45, 7) is 0. The highest BCUT2D eigenvalue weighted by molar-refractivity contribution is 6.20. The van der Waals surface area contributed by atoms with Crippen LogP contribution in [0.25, 0.3) is 0 Å². The van der Waals surface area contributed by atoms with E-state index in [1.54, 1.807) is 0 Å². The van der Waals surface area contributed by atoms with E-state index >= 15 is 0 Å². The summed E-state index contributed by atoms with van der Waals surface area (Å²) in [5, 5.41) is -0.719. The van der Waals surface area contributed by atoms with Crippen molar-refractivity contribution in [3.05, 3.63) is 35.1 Å². The number of halogens is 4. The molecule has 1 saturated carbocycles. The highest BCUT2D eigenvalue weighted by Crippen LogP contribution is 2.36. The average molecular weight is 291 g/mol. The van der Waals surface area contributed by atoms with Crippen LogP contribution in [0.4, 0.5) is 13.2 Å². The minimum atomic E-state index is -0.905. The van der Waals surface area contributed by atoms with Crippen molar-refractivity contribution in [1.29, 1.82) is 0 Å². The van der Waals surface area contributed by atoms with Crippen LogP contribution in [0.15, 0.2) is 12.1 Å². The van der Waals surface area contributed by atoms with Gasteiger partial charge in [0, 0.05) is 17.7 Å². The highest BCUT2D eigenvalue weighted by Gasteiger charge is 2.23. The van der Waals surface area contributed by atoms with E-state index in [0.717, 1.165) is 25.7 Å². The van der Waals surface area contributed by atoms with E-state index in [1.165, 1.54) is 12.8 Å². The number of rotatable bonds is 3. The van der Waals surface area contributed by atoms with Gasteiger partial charge in [0.15, 0.2) is 0 Å². The summed E-state index contributed by atoms with van der Waals surface area (Å²) >= 11 is 6.15. The maximum absolute atomic E-state index is 13.6. The van der Waals surface area contributed by atoms with Crippen LogP contribution in [-0.4, -0.2) is 0 Å². The van der Waals surface area contributed by atoms with Crippen LogP contribution in [-0.2, 0) is 0 Å². The van der Waals surface area contributed by atoms with E-state index in [0.29, 0.717) is 24.5 Å². The Balaban J connectivity index is 2.08. The highest BCUT2D eigenvalue weighted by atomic mass is 35.5. The predicted molar refractivity (Wildman–Crippen MR) is 70.7 cm³/mol. The first-order valence-corrected chi connectivity index (χ1v) is 7.30. The molecule has 19 heavy (non-hydrogen) atoms. The van der Waals surface area contributed by atoms with Gasteiger partial charge in [0.05, 0.1) is 5.38 Å². The van der Waals surface area contributed by atoms with Crippen molar-refractivity contribution in [2.45, 2.75) is 50.3 Å². The second-order valence-electron chi connectivity index (χ2n) is 5.34. The van der Waals surface area contributed by atoms with E-state index in [-0.39, 0.29) is 5.56 Å². The van der Waals surface area contributed by atoms with E-state index in [9.17, 15) is 13.2 Å². The van der Waals surface area contributed by atoms with Crippen LogP contribution >= 0.6 is 11.6 Å². The monoisotopic (exact) mass is 290 g/mol. The molecule has 1 fully saturated rings. The molecule has 1 aliphatic rings. The molecule has 106 valence electrons. The second kappa shape index (κ2) is 6.65. The molecule has 1 atom stereocenters. The summed E-state index contributed by atoms with van der Waals surface area (Å²) in [7, 11) is 0. The fourth-order valence-electron chi connectivity index (χ4n) is 2.86. The first-order chi connectivity index (χ1) is 9.08. The first-order valence-electron chi connectivity index (χ1n) is 6.86. The van der Waals surface area contributed by atoms with Crippen molar-refractivity contribution in [2.75, 3.05) is 0 Å². The van der Waals surface area contributed by atoms with Crippen LogP contribution in [0, 0.1) is 23.4 Å². The lowest BCUT2D eigenvalue weighted by molar-refractivity contribution is 0.412. The predicted octanol–water partition coefficient (Wildman–Crippen LogP) is 5.74. The molecule has 0 aromatic heterocycles. The SMILES string of the molecule is Fc1cc(F)c(C(Cl)CC2CCCCCC2)c(F)c1. The van der Waals surface area contributed by atoms with Gasteiger partial charge >= 0.3 is 0 Å². The lowest BCUT2D eigenvalue weighted by Crippen LogP contribution is -2.07. The second-order valence-corrected chi connectivity index (χ2v) is 5.87. The van der Waals surface area contributed by atoms with Gasteiger partial charge in [0.25, 0.3) is 0 Å². The van der Waals surface area contributed by atoms with E-state index in [4.69, 9.17) is 11.6 Å². The molecule has 2 rings (SSSR count). The van der Waals surface area contributed by atoms with Crippen molar-refractivity contribution < 1.29 is 13.2 Å². The van der Waals surface area contributed by atoms with E-state index in [1.807, 2.05) is 0 Å². The number of hydrogen-bond acceptors (Lipinski definition) is 0. The number of hydrogen-bond donors (Lipinski definition) is 0. The third-order valence-corrected chi connectivity index (χ3v) is 4.27. The lowest BCUT2D eigenvalue weighted by atomic mass is 9.92. The molecule has 0 amide bonds. The topological polar surface area (TPSA) is 0 Å². The Bertz CT molecular complexity index is 402. The van der Waals surface area contributed by atoms with Gasteiger partial charge in [-0.2, -0.15) is 0 Å². The van der Waals surface area contributed by atoms with E-state index in [2.05, 4.69) is 0 Å². The molecule has 1 aromatic carbocycles. The standard InChI is InChI=1S/C15H18ClF3/c16-12(7-10-5-3-1-2-4-6-10)15-13(18)8-11(17)9-14(15)19/h8-10,12H,1-7H2. The molecular formula is C15H18ClF3. The van der Waals surface area contributed by atoms with Crippen molar-refractivity contribution in [1.82, 2.24) is 0 Å². The molecule has 0 spiro atoms. The first kappa shape index (κ1) is 14.7. The molecule has 0 aliphatic heterocycles. The summed E-state index contributed by atoms with van der Waals surface area (Å²) in [6.07, 6.45) is 7.44. The molecule has 1 aliphatic carbocycles. The van der Waals surface area contributed by atoms with Crippen molar-refractivity contribution in [3.8, 4) is 0 Å². The van der Waals surface area contributed by atoms with Gasteiger partial charge in [0.1, 0.15) is 17.5 Å². The molecule has 0 heterocycles. The van der Waals surface area contributed by atoms with Crippen LogP contribution in [0.2, 0.25) is 0 Å². The van der Waals surface area contributed by atoms with Gasteiger partial charge in [-0.3, -0.25) is 0 Å². The Hall–Kier alpha value is -0.700. The van der Waals surface area contributed by atoms with Crippen LogP contribution in [0.1, 0.15) is 55.9 Å². The zero-order valence-corrected chi connectivity index (χ0v) is 11.5. The van der Waals surface area contributed by atoms with E-state index < -0.39 is 22.8 Å². The molecule has 0 N–H and O–H groups in total. The van der Waals surface area contributed by atoms with Crippen LogP contribution < -0.4 is 0 Å². The minimum absolute atomic E-state index is 0.188. The fraction of sp³-hybridized carbons (Fsp3) is 0.600. The maximum atomic E-state index is 13.6. The Kier molecular flexibility index (Phi) is 5.14. The van der Waals surface area contributed by atoms with Crippen molar-refractivity contribution >= 4 is 11.6 Å². The zero-order valence-electron chi connectivity index (χ0n) is 10.8. The Morgan fingerprint density at radius 2 is 1.53 bits per heavy atom. The van der Waals surface area contributed by atoms with Crippen molar-refractivity contribution in [3.63, 3.8) is 0 Å². The van der Waals surface area contributed by atoms with Crippen molar-refractivity contribution in [2.24, 2.45) is 5.92 Å². The van der Waals surface area contributed by atoms with Gasteiger partial charge in [-0.1, -0.05) is 38.5 Å². The molecule has 0 radical (unpaired) electrons. The Morgan fingerprint density at radius 3 is 2.05 bits per heavy atom. The summed E-state index contributed by atoms with van der Waals surface area (Å²) in [6, 6.07) is 1.39. The lowest BCUT2D eigenvalue weighted by Gasteiger charge is -2.19. The molecule has 1 unspecified atom stereocenters. The molecule has 4 heteroatoms. The third kappa shape index (κ3) is 3.88. The molecular weight excluding hydrogens is 273 g/mol. The molecule has 0 bridgehead atoms. The normalized spacial score (nSPS) is 19.2. The largest absolute Gasteiger partial charge is 0.207 e. The molecule has 0 saturated heterocycles. The smallest absolute Gasteiger partial charge is 0.133 e. The maximum Gasteiger partial charge on any atom is 0.133 e. The number of benzene rings is 1. The summed E-state index contributed by atoms with van der Waals surface area (Å²) in [5.74, 6) is -2.26. The summed E-state index contributed by atoms with van der Waals surface area (Å²) < 4.78 is 40.1. The summed E-state index contributed by atoms with van der Waals surface area (Å²) in [4.78, 5) is 0. The van der Waals surface area contributed by atoms with Gasteiger partial charge < -0.3 is 0 Å². The van der Waals surface area contributed by atoms with Gasteiger partial charge in [-0.05, 0) is 12.3 Å². The quantitative estimate of drug-likeness (QED) is 0.491.